The molecule has 0 saturated carbocycles. The summed E-state index contributed by atoms with van der Waals surface area (Å²) in [5, 5.41) is 2.74. The van der Waals surface area contributed by atoms with Gasteiger partial charge in [0.05, 0.1) is 5.75 Å². The van der Waals surface area contributed by atoms with Crippen LogP contribution in [0.3, 0.4) is 0 Å². The Morgan fingerprint density at radius 3 is 3.00 bits per heavy atom. The van der Waals surface area contributed by atoms with Crippen LogP contribution >= 0.6 is 11.8 Å². The summed E-state index contributed by atoms with van der Waals surface area (Å²) in [6.45, 7) is 2.65. The summed E-state index contributed by atoms with van der Waals surface area (Å²) < 4.78 is 12.9. The topological polar surface area (TPSA) is 55.1 Å². The molecule has 0 heterocycles. The van der Waals surface area contributed by atoms with E-state index in [9.17, 15) is 9.18 Å². The van der Waals surface area contributed by atoms with Crippen LogP contribution in [0.15, 0.2) is 23.1 Å². The van der Waals surface area contributed by atoms with Gasteiger partial charge in [0.1, 0.15) is 5.82 Å². The SMILES string of the molecule is CCCNC(=O)CSc1cc(F)ccc1N. The molecule has 5 heteroatoms. The van der Waals surface area contributed by atoms with Crippen molar-refractivity contribution in [2.45, 2.75) is 18.2 Å². The number of nitrogens with two attached hydrogens (primary N) is 1. The van der Waals surface area contributed by atoms with Gasteiger partial charge >= 0.3 is 0 Å². The quantitative estimate of drug-likeness (QED) is 0.613. The molecular weight excluding hydrogens is 227 g/mol. The number of thioether (sulfide) groups is 1. The first-order valence-electron chi connectivity index (χ1n) is 5.08. The van der Waals surface area contributed by atoms with Gasteiger partial charge in [-0.05, 0) is 24.6 Å². The molecule has 0 saturated heterocycles. The van der Waals surface area contributed by atoms with E-state index >= 15 is 0 Å². The van der Waals surface area contributed by atoms with Gasteiger partial charge in [0.25, 0.3) is 0 Å². The molecule has 0 radical (unpaired) electrons. The van der Waals surface area contributed by atoms with E-state index in [4.69, 9.17) is 5.73 Å². The van der Waals surface area contributed by atoms with Crippen molar-refractivity contribution in [3.63, 3.8) is 0 Å². The molecule has 3 N–H and O–H groups in total. The molecule has 16 heavy (non-hydrogen) atoms. The van der Waals surface area contributed by atoms with Crippen molar-refractivity contribution in [3.05, 3.63) is 24.0 Å². The summed E-state index contributed by atoms with van der Waals surface area (Å²) in [5.74, 6) is -0.144. The van der Waals surface area contributed by atoms with Crippen molar-refractivity contribution in [2.24, 2.45) is 0 Å². The minimum atomic E-state index is -0.342. The van der Waals surface area contributed by atoms with Crippen molar-refractivity contribution >= 4 is 23.4 Å². The van der Waals surface area contributed by atoms with Crippen LogP contribution < -0.4 is 11.1 Å². The summed E-state index contributed by atoms with van der Waals surface area (Å²) in [7, 11) is 0. The van der Waals surface area contributed by atoms with Gasteiger partial charge in [-0.3, -0.25) is 4.79 Å². The zero-order valence-corrected chi connectivity index (χ0v) is 9.94. The Kier molecular flexibility index (Phi) is 5.11. The molecule has 1 aromatic carbocycles. The highest BCUT2D eigenvalue weighted by atomic mass is 32.2. The maximum absolute atomic E-state index is 12.9. The minimum absolute atomic E-state index is 0.0597. The summed E-state index contributed by atoms with van der Waals surface area (Å²) in [6.07, 6.45) is 0.901. The van der Waals surface area contributed by atoms with Crippen LogP contribution in [-0.4, -0.2) is 18.2 Å². The van der Waals surface area contributed by atoms with Gasteiger partial charge in [0.15, 0.2) is 0 Å². The van der Waals surface area contributed by atoms with Gasteiger partial charge in [0, 0.05) is 17.1 Å². The average molecular weight is 242 g/mol. The molecule has 0 aromatic heterocycles. The first kappa shape index (κ1) is 12.8. The molecule has 0 aliphatic carbocycles. The largest absolute Gasteiger partial charge is 0.398 e. The van der Waals surface area contributed by atoms with Crippen molar-refractivity contribution in [3.8, 4) is 0 Å². The molecule has 3 nitrogen and oxygen atoms in total. The summed E-state index contributed by atoms with van der Waals surface area (Å²) >= 11 is 1.24. The molecule has 1 amide bonds. The molecule has 0 atom stereocenters. The first-order chi connectivity index (χ1) is 7.63. The second-order valence-electron chi connectivity index (χ2n) is 3.32. The van der Waals surface area contributed by atoms with Crippen LogP contribution in [0.2, 0.25) is 0 Å². The van der Waals surface area contributed by atoms with Crippen LogP contribution in [0.5, 0.6) is 0 Å². The average Bonchev–Trinajstić information content (AvgIpc) is 2.27. The van der Waals surface area contributed by atoms with Gasteiger partial charge < -0.3 is 11.1 Å². The molecule has 0 fully saturated rings. The molecule has 0 spiro atoms. The standard InChI is InChI=1S/C11H15FN2OS/c1-2-5-14-11(15)7-16-10-6-8(12)3-4-9(10)13/h3-4,6H,2,5,7,13H2,1H3,(H,14,15). The van der Waals surface area contributed by atoms with Gasteiger partial charge in [-0.1, -0.05) is 6.92 Å². The second kappa shape index (κ2) is 6.37. The second-order valence-corrected chi connectivity index (χ2v) is 4.34. The number of anilines is 1. The number of benzene rings is 1. The predicted octanol–water partition coefficient (Wildman–Crippen LogP) is 2.03. The zero-order chi connectivity index (χ0) is 12.0. The summed E-state index contributed by atoms with van der Waals surface area (Å²) in [5.41, 5.74) is 6.15. The van der Waals surface area contributed by atoms with E-state index < -0.39 is 0 Å². The van der Waals surface area contributed by atoms with Crippen LogP contribution in [0.25, 0.3) is 0 Å². The Morgan fingerprint density at radius 2 is 2.31 bits per heavy atom. The van der Waals surface area contributed by atoms with Crippen molar-refractivity contribution in [2.75, 3.05) is 18.0 Å². The van der Waals surface area contributed by atoms with E-state index in [0.29, 0.717) is 17.1 Å². The fourth-order valence-electron chi connectivity index (χ4n) is 1.09. The van der Waals surface area contributed by atoms with E-state index in [1.54, 1.807) is 0 Å². The third kappa shape index (κ3) is 4.10. The number of nitrogen functional groups attached to an aromatic ring is 1. The molecule has 1 rings (SSSR count). The number of rotatable bonds is 5. The Morgan fingerprint density at radius 1 is 1.56 bits per heavy atom. The number of hydrogen-bond acceptors (Lipinski definition) is 3. The zero-order valence-electron chi connectivity index (χ0n) is 9.13. The molecule has 1 aromatic rings. The Balaban J connectivity index is 2.47. The number of halogens is 1. The highest BCUT2D eigenvalue weighted by molar-refractivity contribution is 8.00. The van der Waals surface area contributed by atoms with E-state index in [1.807, 2.05) is 6.92 Å². The number of carbonyl (C=O) groups excluding carboxylic acids is 1. The number of carbonyl (C=O) groups is 1. The normalized spacial score (nSPS) is 10.1. The fraction of sp³-hybridized carbons (Fsp3) is 0.364. The van der Waals surface area contributed by atoms with E-state index in [1.165, 1.54) is 30.0 Å². The van der Waals surface area contributed by atoms with E-state index in [2.05, 4.69) is 5.32 Å². The van der Waals surface area contributed by atoms with Crippen LogP contribution in [0.1, 0.15) is 13.3 Å². The smallest absolute Gasteiger partial charge is 0.230 e. The van der Waals surface area contributed by atoms with Gasteiger partial charge in [-0.2, -0.15) is 0 Å². The molecule has 0 bridgehead atoms. The van der Waals surface area contributed by atoms with Crippen LogP contribution in [0, 0.1) is 5.82 Å². The lowest BCUT2D eigenvalue weighted by Gasteiger charge is -2.06. The molecule has 0 aliphatic heterocycles. The third-order valence-corrected chi connectivity index (χ3v) is 2.98. The Bertz CT molecular complexity index is 371. The summed E-state index contributed by atoms with van der Waals surface area (Å²) in [6, 6.07) is 4.14. The highest BCUT2D eigenvalue weighted by Gasteiger charge is 2.05. The molecular formula is C11H15FN2OS. The van der Waals surface area contributed by atoms with Crippen LogP contribution in [0.4, 0.5) is 10.1 Å². The lowest BCUT2D eigenvalue weighted by atomic mass is 10.3. The van der Waals surface area contributed by atoms with Gasteiger partial charge in [-0.25, -0.2) is 4.39 Å². The van der Waals surface area contributed by atoms with Gasteiger partial charge in [0.2, 0.25) is 5.91 Å². The lowest BCUT2D eigenvalue weighted by molar-refractivity contribution is -0.118. The maximum atomic E-state index is 12.9. The summed E-state index contributed by atoms with van der Waals surface area (Å²) in [4.78, 5) is 11.9. The Hall–Kier alpha value is -1.23. The fourth-order valence-corrected chi connectivity index (χ4v) is 1.91. The maximum Gasteiger partial charge on any atom is 0.230 e. The number of amides is 1. The molecule has 0 unspecified atom stereocenters. The van der Waals surface area contributed by atoms with E-state index in [0.717, 1.165) is 6.42 Å². The number of hydrogen-bond donors (Lipinski definition) is 2. The van der Waals surface area contributed by atoms with Crippen LogP contribution in [-0.2, 0) is 4.79 Å². The highest BCUT2D eigenvalue weighted by Crippen LogP contribution is 2.25. The molecule has 88 valence electrons. The van der Waals surface area contributed by atoms with Crippen molar-refractivity contribution < 1.29 is 9.18 Å². The minimum Gasteiger partial charge on any atom is -0.398 e. The van der Waals surface area contributed by atoms with Crippen molar-refractivity contribution in [1.29, 1.82) is 0 Å². The van der Waals surface area contributed by atoms with Crippen molar-refractivity contribution in [1.82, 2.24) is 5.32 Å². The molecule has 0 aliphatic rings. The predicted molar refractivity (Wildman–Crippen MR) is 64.8 cm³/mol. The van der Waals surface area contributed by atoms with E-state index in [-0.39, 0.29) is 17.5 Å². The third-order valence-electron chi connectivity index (χ3n) is 1.91. The number of nitrogens with one attached hydrogen (secondary N) is 1. The Labute approximate surface area is 98.6 Å². The lowest BCUT2D eigenvalue weighted by Crippen LogP contribution is -2.25. The van der Waals surface area contributed by atoms with Gasteiger partial charge in [-0.15, -0.1) is 11.8 Å². The monoisotopic (exact) mass is 242 g/mol. The first-order valence-corrected chi connectivity index (χ1v) is 6.06.